The summed E-state index contributed by atoms with van der Waals surface area (Å²) in [5.41, 5.74) is 9.72. The zero-order chi connectivity index (χ0) is 20.7. The van der Waals surface area contributed by atoms with E-state index < -0.39 is 6.17 Å². The quantitative estimate of drug-likeness (QED) is 0.465. The molecule has 152 valence electrons. The van der Waals surface area contributed by atoms with Gasteiger partial charge < -0.3 is 14.8 Å². The molecular formula is C22H26N4O2S. The number of aryl methyl sites for hydroxylation is 1. The fraction of sp³-hybridized carbons (Fsp3) is 0.318. The number of phenolic OH excluding ortho intramolecular Hbond substituents is 2. The van der Waals surface area contributed by atoms with Crippen LogP contribution in [0, 0.1) is 0 Å². The van der Waals surface area contributed by atoms with Crippen molar-refractivity contribution < 1.29 is 10.2 Å². The number of phenols is 2. The molecule has 2 aromatic carbocycles. The summed E-state index contributed by atoms with van der Waals surface area (Å²) in [6, 6.07) is 11.6. The maximum atomic E-state index is 10.5. The zero-order valence-electron chi connectivity index (χ0n) is 16.8. The van der Waals surface area contributed by atoms with Gasteiger partial charge in [-0.3, -0.25) is 10.3 Å². The van der Waals surface area contributed by atoms with Crippen LogP contribution in [-0.2, 0) is 6.54 Å². The first-order valence-corrected chi connectivity index (χ1v) is 10.3. The lowest BCUT2D eigenvalue weighted by Gasteiger charge is -2.26. The second-order valence-electron chi connectivity index (χ2n) is 7.72. The molecule has 1 unspecified atom stereocenters. The Bertz CT molecular complexity index is 1080. The third-order valence-electron chi connectivity index (χ3n) is 5.38. The molecule has 0 radical (unpaired) electrons. The van der Waals surface area contributed by atoms with Crippen LogP contribution in [-0.4, -0.2) is 19.9 Å². The molecule has 0 aliphatic carbocycles. The second kappa shape index (κ2) is 7.57. The number of anilines is 1. The van der Waals surface area contributed by atoms with Crippen molar-refractivity contribution in [1.29, 1.82) is 0 Å². The molecule has 4 rings (SSSR count). The number of rotatable bonds is 5. The van der Waals surface area contributed by atoms with Crippen LogP contribution in [0.4, 0.5) is 5.69 Å². The Kier molecular flexibility index (Phi) is 5.10. The summed E-state index contributed by atoms with van der Waals surface area (Å²) in [6.45, 7) is 7.16. The summed E-state index contributed by atoms with van der Waals surface area (Å²) in [4.78, 5) is 1.95. The summed E-state index contributed by atoms with van der Waals surface area (Å²) >= 11 is 5.54. The summed E-state index contributed by atoms with van der Waals surface area (Å²) in [6.07, 6.45) is 2.79. The Morgan fingerprint density at radius 2 is 1.90 bits per heavy atom. The number of hydrogen-bond donors (Lipinski definition) is 4. The molecule has 7 heteroatoms. The Morgan fingerprint density at radius 3 is 2.62 bits per heavy atom. The number of aromatic hydroxyl groups is 2. The molecule has 1 fully saturated rings. The van der Waals surface area contributed by atoms with Crippen LogP contribution in [0.2, 0.25) is 0 Å². The van der Waals surface area contributed by atoms with E-state index in [1.807, 2.05) is 30.9 Å². The fourth-order valence-electron chi connectivity index (χ4n) is 3.92. The minimum atomic E-state index is -0.393. The van der Waals surface area contributed by atoms with Crippen molar-refractivity contribution >= 4 is 33.9 Å². The van der Waals surface area contributed by atoms with Crippen molar-refractivity contribution in [2.24, 2.45) is 0 Å². The standard InChI is InChI=1S/C22H26N4O2S/c1-4-8-25-9-7-14-10-15(5-6-18(14)25)26-21(23-24-22(26)29)17-11-16(13(2)3)19(27)12-20(17)28/h5-7,9-13,21,23,27-28H,4,8H2,1-3H3,(H,24,29). The lowest BCUT2D eigenvalue weighted by Crippen LogP contribution is -2.29. The Balaban J connectivity index is 1.76. The minimum absolute atomic E-state index is 0.0241. The van der Waals surface area contributed by atoms with Gasteiger partial charge in [0.05, 0.1) is 0 Å². The highest BCUT2D eigenvalue weighted by atomic mass is 32.1. The van der Waals surface area contributed by atoms with Gasteiger partial charge in [-0.1, -0.05) is 20.8 Å². The van der Waals surface area contributed by atoms with Gasteiger partial charge in [0, 0.05) is 41.0 Å². The van der Waals surface area contributed by atoms with E-state index in [0.29, 0.717) is 10.7 Å². The van der Waals surface area contributed by atoms with E-state index in [0.717, 1.165) is 29.6 Å². The van der Waals surface area contributed by atoms with E-state index in [2.05, 4.69) is 46.7 Å². The number of hydrazine groups is 1. The van der Waals surface area contributed by atoms with Crippen LogP contribution < -0.4 is 15.8 Å². The summed E-state index contributed by atoms with van der Waals surface area (Å²) in [5, 5.41) is 22.4. The largest absolute Gasteiger partial charge is 0.508 e. The molecule has 0 amide bonds. The first kappa shape index (κ1) is 19.5. The monoisotopic (exact) mass is 410 g/mol. The van der Waals surface area contributed by atoms with Crippen LogP contribution in [0.3, 0.4) is 0 Å². The van der Waals surface area contributed by atoms with Gasteiger partial charge in [0.15, 0.2) is 5.11 Å². The van der Waals surface area contributed by atoms with Gasteiger partial charge in [0.25, 0.3) is 0 Å². The molecule has 1 atom stereocenters. The lowest BCUT2D eigenvalue weighted by molar-refractivity contribution is 0.431. The maximum absolute atomic E-state index is 10.5. The second-order valence-corrected chi connectivity index (χ2v) is 8.11. The first-order valence-electron chi connectivity index (χ1n) is 9.90. The van der Waals surface area contributed by atoms with Crippen molar-refractivity contribution in [2.75, 3.05) is 4.90 Å². The Hall–Kier alpha value is -2.77. The number of fused-ring (bicyclic) bond motifs is 1. The van der Waals surface area contributed by atoms with Crippen molar-refractivity contribution in [1.82, 2.24) is 15.4 Å². The van der Waals surface area contributed by atoms with Crippen molar-refractivity contribution in [3.63, 3.8) is 0 Å². The number of nitrogens with one attached hydrogen (secondary N) is 2. The van der Waals surface area contributed by atoms with Crippen molar-refractivity contribution in [3.8, 4) is 11.5 Å². The van der Waals surface area contributed by atoms with Crippen LogP contribution >= 0.6 is 12.2 Å². The molecule has 2 heterocycles. The number of nitrogens with zero attached hydrogens (tertiary/aromatic N) is 2. The van der Waals surface area contributed by atoms with E-state index in [1.54, 1.807) is 0 Å². The molecule has 0 spiro atoms. The van der Waals surface area contributed by atoms with Crippen LogP contribution in [0.5, 0.6) is 11.5 Å². The predicted molar refractivity (Wildman–Crippen MR) is 120 cm³/mol. The molecule has 1 aromatic heterocycles. The molecule has 0 bridgehead atoms. The molecule has 1 saturated heterocycles. The molecule has 1 aliphatic heterocycles. The van der Waals surface area contributed by atoms with Gasteiger partial charge in [0.1, 0.15) is 17.7 Å². The molecular weight excluding hydrogens is 384 g/mol. The minimum Gasteiger partial charge on any atom is -0.508 e. The van der Waals surface area contributed by atoms with Gasteiger partial charge in [-0.15, -0.1) is 0 Å². The van der Waals surface area contributed by atoms with E-state index in [1.165, 1.54) is 11.6 Å². The highest BCUT2D eigenvalue weighted by Gasteiger charge is 2.33. The molecule has 0 saturated carbocycles. The lowest BCUT2D eigenvalue weighted by atomic mass is 9.97. The predicted octanol–water partition coefficient (Wildman–Crippen LogP) is 4.48. The van der Waals surface area contributed by atoms with Crippen molar-refractivity contribution in [3.05, 3.63) is 53.7 Å². The highest BCUT2D eigenvalue weighted by molar-refractivity contribution is 7.80. The number of aromatic nitrogens is 1. The van der Waals surface area contributed by atoms with Gasteiger partial charge in [0.2, 0.25) is 0 Å². The smallest absolute Gasteiger partial charge is 0.189 e. The SMILES string of the molecule is CCCn1ccc2cc(N3C(=S)NNC3c3cc(C(C)C)c(O)cc3O)ccc21. The van der Waals surface area contributed by atoms with Crippen LogP contribution in [0.1, 0.15) is 50.4 Å². The molecule has 1 aliphatic rings. The molecule has 4 N–H and O–H groups in total. The third kappa shape index (κ3) is 3.41. The van der Waals surface area contributed by atoms with Crippen LogP contribution in [0.15, 0.2) is 42.6 Å². The fourth-order valence-corrected chi connectivity index (χ4v) is 4.19. The highest BCUT2D eigenvalue weighted by Crippen LogP contribution is 2.39. The Labute approximate surface area is 175 Å². The van der Waals surface area contributed by atoms with Gasteiger partial charge in [-0.05, 0) is 60.5 Å². The number of thiocarbonyl (C=S) groups is 1. The number of benzene rings is 2. The topological polar surface area (TPSA) is 72.7 Å². The van der Waals surface area contributed by atoms with Gasteiger partial charge >= 0.3 is 0 Å². The zero-order valence-corrected chi connectivity index (χ0v) is 17.6. The van der Waals surface area contributed by atoms with Gasteiger partial charge in [-0.2, -0.15) is 0 Å². The van der Waals surface area contributed by atoms with E-state index in [4.69, 9.17) is 12.2 Å². The van der Waals surface area contributed by atoms with E-state index >= 15 is 0 Å². The summed E-state index contributed by atoms with van der Waals surface area (Å²) < 4.78 is 2.25. The molecule has 3 aromatic rings. The summed E-state index contributed by atoms with van der Waals surface area (Å²) in [5.74, 6) is 0.245. The third-order valence-corrected chi connectivity index (χ3v) is 5.68. The summed E-state index contributed by atoms with van der Waals surface area (Å²) in [7, 11) is 0. The van der Waals surface area contributed by atoms with E-state index in [-0.39, 0.29) is 17.4 Å². The molecule has 29 heavy (non-hydrogen) atoms. The Morgan fingerprint density at radius 1 is 1.10 bits per heavy atom. The molecule has 6 nitrogen and oxygen atoms in total. The average molecular weight is 411 g/mol. The average Bonchev–Trinajstić information content (AvgIpc) is 3.25. The van der Waals surface area contributed by atoms with Gasteiger partial charge in [-0.25, -0.2) is 5.43 Å². The number of hydrogen-bond acceptors (Lipinski definition) is 4. The first-order chi connectivity index (χ1) is 13.9. The van der Waals surface area contributed by atoms with Crippen molar-refractivity contribution in [2.45, 2.75) is 45.8 Å². The normalized spacial score (nSPS) is 16.8. The maximum Gasteiger partial charge on any atom is 0.189 e. The van der Waals surface area contributed by atoms with E-state index in [9.17, 15) is 10.2 Å². The van der Waals surface area contributed by atoms with Crippen LogP contribution in [0.25, 0.3) is 10.9 Å².